The van der Waals surface area contributed by atoms with Crippen LogP contribution in [0.25, 0.3) is 11.2 Å². The van der Waals surface area contributed by atoms with E-state index < -0.39 is 0 Å². The Kier molecular flexibility index (Phi) is 6.66. The lowest BCUT2D eigenvalue weighted by Gasteiger charge is -2.31. The normalized spacial score (nSPS) is 17.8. The molecule has 1 N–H and O–H groups in total. The fourth-order valence-corrected chi connectivity index (χ4v) is 3.58. The lowest BCUT2D eigenvalue weighted by molar-refractivity contribution is -0.147. The summed E-state index contributed by atoms with van der Waals surface area (Å²) in [6.45, 7) is 7.19. The van der Waals surface area contributed by atoms with E-state index in [1.165, 1.54) is 7.11 Å². The van der Waals surface area contributed by atoms with Gasteiger partial charge in [0.25, 0.3) is 0 Å². The van der Waals surface area contributed by atoms with Gasteiger partial charge < -0.3 is 19.4 Å². The molecule has 9 nitrogen and oxygen atoms in total. The number of imidazole rings is 1. The molecule has 0 aliphatic carbocycles. The maximum atomic E-state index is 12.5. The Bertz CT molecular complexity index is 875. The van der Waals surface area contributed by atoms with Crippen LogP contribution in [0.2, 0.25) is 0 Å². The first-order valence-corrected chi connectivity index (χ1v) is 9.93. The molecule has 0 amide bonds. The van der Waals surface area contributed by atoms with Crippen molar-refractivity contribution in [2.24, 2.45) is 5.92 Å². The standard InChI is InChI=1S/C19H29N5O4/c1-4-5-11-28-18-20-13(2)15-16(22-18)24(19(26)21-15)10-9-23-8-6-7-14(12-23)17(25)27-3/h14H,4-12H2,1-3H3,(H,21,26). The summed E-state index contributed by atoms with van der Waals surface area (Å²) < 4.78 is 12.1. The number of fused-ring (bicyclic) bond motifs is 1. The predicted molar refractivity (Wildman–Crippen MR) is 104 cm³/mol. The van der Waals surface area contributed by atoms with Gasteiger partial charge in [-0.15, -0.1) is 0 Å². The second kappa shape index (κ2) is 9.18. The van der Waals surface area contributed by atoms with Crippen molar-refractivity contribution in [3.05, 3.63) is 16.2 Å². The third kappa shape index (κ3) is 4.52. The molecule has 0 radical (unpaired) electrons. The Morgan fingerprint density at radius 1 is 1.32 bits per heavy atom. The summed E-state index contributed by atoms with van der Waals surface area (Å²) in [5, 5.41) is 0. The molecule has 1 fully saturated rings. The van der Waals surface area contributed by atoms with Gasteiger partial charge >= 0.3 is 17.7 Å². The molecular weight excluding hydrogens is 362 g/mol. The first-order valence-electron chi connectivity index (χ1n) is 9.93. The first-order chi connectivity index (χ1) is 13.5. The number of carbonyl (C=O) groups is 1. The van der Waals surface area contributed by atoms with Crippen LogP contribution < -0.4 is 10.4 Å². The summed E-state index contributed by atoms with van der Waals surface area (Å²) in [7, 11) is 1.43. The van der Waals surface area contributed by atoms with Gasteiger partial charge in [-0.2, -0.15) is 9.97 Å². The second-order valence-corrected chi connectivity index (χ2v) is 7.24. The molecule has 2 aromatic rings. The monoisotopic (exact) mass is 391 g/mol. The van der Waals surface area contributed by atoms with E-state index in [2.05, 4.69) is 26.8 Å². The highest BCUT2D eigenvalue weighted by molar-refractivity contribution is 5.73. The molecule has 1 saturated heterocycles. The van der Waals surface area contributed by atoms with Crippen LogP contribution in [0, 0.1) is 12.8 Å². The lowest BCUT2D eigenvalue weighted by Crippen LogP contribution is -2.41. The van der Waals surface area contributed by atoms with Crippen LogP contribution in [0.5, 0.6) is 6.01 Å². The molecule has 0 saturated carbocycles. The van der Waals surface area contributed by atoms with Gasteiger partial charge in [0.1, 0.15) is 5.52 Å². The maximum Gasteiger partial charge on any atom is 0.327 e. The molecular formula is C19H29N5O4. The molecule has 1 aliphatic heterocycles. The molecule has 154 valence electrons. The molecule has 28 heavy (non-hydrogen) atoms. The first kappa shape index (κ1) is 20.3. The molecule has 3 heterocycles. The lowest BCUT2D eigenvalue weighted by atomic mass is 9.98. The summed E-state index contributed by atoms with van der Waals surface area (Å²) in [4.78, 5) is 38.1. The van der Waals surface area contributed by atoms with E-state index in [0.29, 0.717) is 49.1 Å². The second-order valence-electron chi connectivity index (χ2n) is 7.24. The van der Waals surface area contributed by atoms with Crippen molar-refractivity contribution >= 4 is 17.1 Å². The molecule has 0 spiro atoms. The zero-order valence-electron chi connectivity index (χ0n) is 16.9. The van der Waals surface area contributed by atoms with Crippen molar-refractivity contribution in [1.82, 2.24) is 24.4 Å². The van der Waals surface area contributed by atoms with Crippen LogP contribution in [0.15, 0.2) is 4.79 Å². The predicted octanol–water partition coefficient (Wildman–Crippen LogP) is 1.49. The molecule has 1 aliphatic rings. The van der Waals surface area contributed by atoms with Crippen molar-refractivity contribution in [3.8, 4) is 6.01 Å². The Hall–Kier alpha value is -2.42. The van der Waals surface area contributed by atoms with Crippen LogP contribution in [-0.4, -0.2) is 63.7 Å². The number of likely N-dealkylation sites (tertiary alicyclic amines) is 1. The van der Waals surface area contributed by atoms with Gasteiger partial charge in [-0.1, -0.05) is 13.3 Å². The minimum atomic E-state index is -0.209. The SMILES string of the molecule is CCCCOc1nc(C)c2[nH]c(=O)n(CCN3CCCC(C(=O)OC)C3)c2n1. The van der Waals surface area contributed by atoms with Gasteiger partial charge in [0.2, 0.25) is 0 Å². The van der Waals surface area contributed by atoms with Crippen molar-refractivity contribution in [1.29, 1.82) is 0 Å². The molecule has 9 heteroatoms. The number of esters is 1. The van der Waals surface area contributed by atoms with E-state index in [1.807, 2.05) is 6.92 Å². The Labute approximate surface area is 164 Å². The fourth-order valence-electron chi connectivity index (χ4n) is 3.58. The number of nitrogens with zero attached hydrogens (tertiary/aromatic N) is 4. The van der Waals surface area contributed by atoms with E-state index >= 15 is 0 Å². The quantitative estimate of drug-likeness (QED) is 0.537. The zero-order chi connectivity index (χ0) is 20.1. The topological polar surface area (TPSA) is 102 Å². The van der Waals surface area contributed by atoms with E-state index in [4.69, 9.17) is 9.47 Å². The van der Waals surface area contributed by atoms with Gasteiger partial charge in [0, 0.05) is 19.6 Å². The highest BCUT2D eigenvalue weighted by atomic mass is 16.5. The Morgan fingerprint density at radius 2 is 2.14 bits per heavy atom. The number of nitrogens with one attached hydrogen (secondary N) is 1. The fraction of sp³-hybridized carbons (Fsp3) is 0.684. The number of aryl methyl sites for hydroxylation is 1. The third-order valence-corrected chi connectivity index (χ3v) is 5.19. The maximum absolute atomic E-state index is 12.5. The molecule has 1 atom stereocenters. The number of ether oxygens (including phenoxy) is 2. The van der Waals surface area contributed by atoms with E-state index in [1.54, 1.807) is 4.57 Å². The van der Waals surface area contributed by atoms with Crippen LogP contribution in [0.1, 0.15) is 38.3 Å². The third-order valence-electron chi connectivity index (χ3n) is 5.19. The number of unbranched alkanes of at least 4 members (excludes halogenated alkanes) is 1. The molecule has 2 aromatic heterocycles. The number of piperidine rings is 1. The number of carbonyl (C=O) groups excluding carboxylic acids is 1. The summed E-state index contributed by atoms with van der Waals surface area (Å²) in [5.41, 5.74) is 1.68. The van der Waals surface area contributed by atoms with Gasteiger partial charge in [-0.3, -0.25) is 9.36 Å². The number of aromatic amines is 1. The summed E-state index contributed by atoms with van der Waals surface area (Å²) in [6, 6.07) is 0.301. The average Bonchev–Trinajstić information content (AvgIpc) is 3.02. The Morgan fingerprint density at radius 3 is 2.89 bits per heavy atom. The van der Waals surface area contributed by atoms with Crippen molar-refractivity contribution in [2.75, 3.05) is 33.4 Å². The minimum absolute atomic E-state index is 0.0958. The summed E-state index contributed by atoms with van der Waals surface area (Å²) >= 11 is 0. The number of hydrogen-bond donors (Lipinski definition) is 1. The van der Waals surface area contributed by atoms with Crippen molar-refractivity contribution in [2.45, 2.75) is 46.1 Å². The van der Waals surface area contributed by atoms with Crippen LogP contribution in [0.4, 0.5) is 0 Å². The van der Waals surface area contributed by atoms with Crippen LogP contribution in [-0.2, 0) is 16.1 Å². The van der Waals surface area contributed by atoms with E-state index in [9.17, 15) is 9.59 Å². The van der Waals surface area contributed by atoms with Gasteiger partial charge in [-0.25, -0.2) is 4.79 Å². The summed E-state index contributed by atoms with van der Waals surface area (Å²) in [6.07, 6.45) is 3.75. The molecule has 1 unspecified atom stereocenters. The van der Waals surface area contributed by atoms with Crippen LogP contribution in [0.3, 0.4) is 0 Å². The molecule has 0 aromatic carbocycles. The van der Waals surface area contributed by atoms with E-state index in [0.717, 1.165) is 32.2 Å². The molecule has 0 bridgehead atoms. The number of aromatic nitrogens is 4. The van der Waals surface area contributed by atoms with Crippen molar-refractivity contribution < 1.29 is 14.3 Å². The number of methoxy groups -OCH3 is 1. The highest BCUT2D eigenvalue weighted by Crippen LogP contribution is 2.19. The zero-order valence-corrected chi connectivity index (χ0v) is 16.9. The molecule has 3 rings (SSSR count). The number of rotatable bonds is 8. The minimum Gasteiger partial charge on any atom is -0.469 e. The number of H-pyrrole nitrogens is 1. The smallest absolute Gasteiger partial charge is 0.327 e. The average molecular weight is 391 g/mol. The van der Waals surface area contributed by atoms with Gasteiger partial charge in [-0.05, 0) is 32.7 Å². The van der Waals surface area contributed by atoms with Gasteiger partial charge in [0.05, 0.1) is 25.3 Å². The number of hydrogen-bond acceptors (Lipinski definition) is 7. The van der Waals surface area contributed by atoms with Gasteiger partial charge in [0.15, 0.2) is 5.65 Å². The van der Waals surface area contributed by atoms with Crippen molar-refractivity contribution in [3.63, 3.8) is 0 Å². The Balaban J connectivity index is 1.74. The largest absolute Gasteiger partial charge is 0.469 e. The highest BCUT2D eigenvalue weighted by Gasteiger charge is 2.26. The van der Waals surface area contributed by atoms with Crippen LogP contribution >= 0.6 is 0 Å². The summed E-state index contributed by atoms with van der Waals surface area (Å²) in [5.74, 6) is -0.257. The van der Waals surface area contributed by atoms with E-state index in [-0.39, 0.29) is 17.6 Å².